The summed E-state index contributed by atoms with van der Waals surface area (Å²) < 4.78 is 13.3. The summed E-state index contributed by atoms with van der Waals surface area (Å²) in [5.41, 5.74) is 0.0449. The Hall–Kier alpha value is -2.77. The number of nitro benzene ring substituents is 1. The minimum atomic E-state index is -1.04. The van der Waals surface area contributed by atoms with Gasteiger partial charge in [0.05, 0.1) is 17.2 Å². The van der Waals surface area contributed by atoms with Gasteiger partial charge in [-0.3, -0.25) is 20.0 Å². The van der Waals surface area contributed by atoms with Crippen LogP contribution in [0.3, 0.4) is 0 Å². The van der Waals surface area contributed by atoms with E-state index in [1.54, 1.807) is 6.07 Å². The highest BCUT2D eigenvalue weighted by molar-refractivity contribution is 5.94. The summed E-state index contributed by atoms with van der Waals surface area (Å²) in [6, 6.07) is 4.67. The van der Waals surface area contributed by atoms with Gasteiger partial charge in [-0.05, 0) is 18.2 Å². The Bertz CT molecular complexity index is 612. The van der Waals surface area contributed by atoms with Crippen LogP contribution in [0.5, 0.6) is 0 Å². The Labute approximate surface area is 106 Å². The number of nitrogens with zero attached hydrogens (tertiary/aromatic N) is 2. The number of halogens is 1. The van der Waals surface area contributed by atoms with Gasteiger partial charge in [0, 0.05) is 17.8 Å². The Kier molecular flexibility index (Phi) is 3.51. The van der Waals surface area contributed by atoms with E-state index in [0.717, 1.165) is 12.1 Å². The van der Waals surface area contributed by atoms with Gasteiger partial charge in [-0.2, -0.15) is 9.49 Å². The molecule has 1 aromatic heterocycles. The summed E-state index contributed by atoms with van der Waals surface area (Å²) in [5.74, 6) is -1.57. The molecule has 98 valence electrons. The largest absolute Gasteiger partial charge is 0.346 e. The van der Waals surface area contributed by atoms with Crippen molar-refractivity contribution in [3.05, 3.63) is 57.7 Å². The van der Waals surface area contributed by atoms with Crippen LogP contribution >= 0.6 is 0 Å². The zero-order valence-corrected chi connectivity index (χ0v) is 9.59. The molecule has 0 spiro atoms. The first-order valence-electron chi connectivity index (χ1n) is 5.28. The van der Waals surface area contributed by atoms with Gasteiger partial charge >= 0.3 is 5.69 Å². The van der Waals surface area contributed by atoms with Crippen LogP contribution in [0.2, 0.25) is 0 Å². The molecule has 0 aliphatic rings. The van der Waals surface area contributed by atoms with E-state index in [0.29, 0.717) is 5.69 Å². The van der Waals surface area contributed by atoms with E-state index in [1.165, 1.54) is 12.3 Å². The third-order valence-corrected chi connectivity index (χ3v) is 2.40. The maximum Gasteiger partial charge on any atom is 0.304 e. The predicted octanol–water partition coefficient (Wildman–Crippen LogP) is 1.39. The van der Waals surface area contributed by atoms with Crippen LogP contribution < -0.4 is 5.32 Å². The van der Waals surface area contributed by atoms with E-state index in [9.17, 15) is 19.3 Å². The van der Waals surface area contributed by atoms with Crippen molar-refractivity contribution in [2.24, 2.45) is 0 Å². The van der Waals surface area contributed by atoms with E-state index in [1.807, 2.05) is 0 Å². The minimum absolute atomic E-state index is 0.0163. The van der Waals surface area contributed by atoms with Crippen LogP contribution in [0, 0.1) is 15.9 Å². The molecular weight excluding hydrogens is 255 g/mol. The van der Waals surface area contributed by atoms with Crippen molar-refractivity contribution in [2.75, 3.05) is 0 Å². The fourth-order valence-corrected chi connectivity index (χ4v) is 1.46. The third-order valence-electron chi connectivity index (χ3n) is 2.40. The van der Waals surface area contributed by atoms with Gasteiger partial charge < -0.3 is 5.32 Å². The number of benzene rings is 1. The standard InChI is InChI=1S/C11H9FN4O3/c12-9-5-7(1-2-10(9)16(18)19)11(17)13-6-8-3-4-14-15-8/h1-5H,6H2,(H,13,17)(H,14,15). The number of hydrogen-bond acceptors (Lipinski definition) is 4. The van der Waals surface area contributed by atoms with E-state index < -0.39 is 22.3 Å². The topological polar surface area (TPSA) is 101 Å². The second-order valence-electron chi connectivity index (χ2n) is 3.69. The smallest absolute Gasteiger partial charge is 0.304 e. The second-order valence-corrected chi connectivity index (χ2v) is 3.69. The van der Waals surface area contributed by atoms with Crippen LogP contribution in [-0.2, 0) is 6.54 Å². The molecule has 0 aliphatic heterocycles. The number of aromatic amines is 1. The van der Waals surface area contributed by atoms with Crippen LogP contribution in [0.1, 0.15) is 16.1 Å². The molecular formula is C11H9FN4O3. The molecule has 8 heteroatoms. The Balaban J connectivity index is 2.07. The summed E-state index contributed by atoms with van der Waals surface area (Å²) in [5, 5.41) is 19.3. The number of nitro groups is 1. The lowest BCUT2D eigenvalue weighted by atomic mass is 10.2. The fraction of sp³-hybridized carbons (Fsp3) is 0.0909. The molecule has 1 aromatic carbocycles. The van der Waals surface area contributed by atoms with Crippen LogP contribution in [0.4, 0.5) is 10.1 Å². The number of H-pyrrole nitrogens is 1. The molecule has 2 N–H and O–H groups in total. The predicted molar refractivity (Wildman–Crippen MR) is 62.8 cm³/mol. The SMILES string of the molecule is O=C(NCc1ccn[nH]1)c1ccc([N+](=O)[O-])c(F)c1. The Morgan fingerprint density at radius 2 is 2.26 bits per heavy atom. The molecule has 0 fully saturated rings. The number of rotatable bonds is 4. The highest BCUT2D eigenvalue weighted by Crippen LogP contribution is 2.17. The van der Waals surface area contributed by atoms with Crippen molar-refractivity contribution < 1.29 is 14.1 Å². The minimum Gasteiger partial charge on any atom is -0.346 e. The number of amides is 1. The normalized spacial score (nSPS) is 10.2. The first-order valence-corrected chi connectivity index (χ1v) is 5.28. The van der Waals surface area contributed by atoms with E-state index in [-0.39, 0.29) is 12.1 Å². The van der Waals surface area contributed by atoms with Gasteiger partial charge in [0.1, 0.15) is 0 Å². The fourth-order valence-electron chi connectivity index (χ4n) is 1.46. The van der Waals surface area contributed by atoms with Gasteiger partial charge in [-0.25, -0.2) is 0 Å². The Morgan fingerprint density at radius 1 is 1.47 bits per heavy atom. The summed E-state index contributed by atoms with van der Waals surface area (Å²) in [6.45, 7) is 0.206. The molecule has 1 heterocycles. The summed E-state index contributed by atoms with van der Waals surface area (Å²) in [7, 11) is 0. The molecule has 19 heavy (non-hydrogen) atoms. The van der Waals surface area contributed by atoms with Gasteiger partial charge in [0.25, 0.3) is 5.91 Å². The molecule has 0 saturated heterocycles. The number of carbonyl (C=O) groups excluding carboxylic acids is 1. The first kappa shape index (κ1) is 12.7. The molecule has 7 nitrogen and oxygen atoms in total. The molecule has 0 radical (unpaired) electrons. The third kappa shape index (κ3) is 2.92. The molecule has 1 amide bonds. The lowest BCUT2D eigenvalue weighted by Crippen LogP contribution is -2.23. The van der Waals surface area contributed by atoms with Gasteiger partial charge in [-0.1, -0.05) is 0 Å². The van der Waals surface area contributed by atoms with Crippen molar-refractivity contribution in [1.82, 2.24) is 15.5 Å². The molecule has 0 bridgehead atoms. The molecule has 2 aromatic rings. The molecule has 0 aliphatic carbocycles. The quantitative estimate of drug-likeness (QED) is 0.643. The molecule has 2 rings (SSSR count). The zero-order chi connectivity index (χ0) is 13.8. The zero-order valence-electron chi connectivity index (χ0n) is 9.59. The first-order chi connectivity index (χ1) is 9.08. The average molecular weight is 264 g/mol. The number of carbonyl (C=O) groups is 1. The van der Waals surface area contributed by atoms with E-state index in [2.05, 4.69) is 15.5 Å². The summed E-state index contributed by atoms with van der Waals surface area (Å²) in [4.78, 5) is 21.3. The van der Waals surface area contributed by atoms with Crippen LogP contribution in [-0.4, -0.2) is 21.0 Å². The highest BCUT2D eigenvalue weighted by atomic mass is 19.1. The number of aromatic nitrogens is 2. The van der Waals surface area contributed by atoms with Crippen LogP contribution in [0.15, 0.2) is 30.5 Å². The van der Waals surface area contributed by atoms with Gasteiger partial charge in [0.15, 0.2) is 0 Å². The van der Waals surface area contributed by atoms with Crippen LogP contribution in [0.25, 0.3) is 0 Å². The maximum atomic E-state index is 13.3. The highest BCUT2D eigenvalue weighted by Gasteiger charge is 2.16. The molecule has 0 atom stereocenters. The van der Waals surface area contributed by atoms with Crippen molar-refractivity contribution in [1.29, 1.82) is 0 Å². The van der Waals surface area contributed by atoms with Gasteiger partial charge in [0.2, 0.25) is 5.82 Å². The summed E-state index contributed by atoms with van der Waals surface area (Å²) >= 11 is 0. The van der Waals surface area contributed by atoms with E-state index in [4.69, 9.17) is 0 Å². The second kappa shape index (κ2) is 5.25. The number of hydrogen-bond donors (Lipinski definition) is 2. The maximum absolute atomic E-state index is 13.3. The lowest BCUT2D eigenvalue weighted by Gasteiger charge is -2.03. The number of nitrogens with one attached hydrogen (secondary N) is 2. The average Bonchev–Trinajstić information content (AvgIpc) is 2.88. The monoisotopic (exact) mass is 264 g/mol. The van der Waals surface area contributed by atoms with Crippen molar-refractivity contribution in [3.8, 4) is 0 Å². The van der Waals surface area contributed by atoms with Crippen molar-refractivity contribution in [2.45, 2.75) is 6.54 Å². The lowest BCUT2D eigenvalue weighted by molar-refractivity contribution is -0.387. The van der Waals surface area contributed by atoms with E-state index >= 15 is 0 Å². The summed E-state index contributed by atoms with van der Waals surface area (Å²) in [6.07, 6.45) is 1.53. The van der Waals surface area contributed by atoms with Crippen molar-refractivity contribution in [3.63, 3.8) is 0 Å². The van der Waals surface area contributed by atoms with Gasteiger partial charge in [-0.15, -0.1) is 0 Å². The molecule has 0 saturated carbocycles. The molecule has 0 unspecified atom stereocenters. The Morgan fingerprint density at radius 3 is 2.84 bits per heavy atom. The van der Waals surface area contributed by atoms with Crippen molar-refractivity contribution >= 4 is 11.6 Å².